The molecule has 0 bridgehead atoms. The molecule has 0 aliphatic heterocycles. The van der Waals surface area contributed by atoms with Crippen molar-refractivity contribution in [1.29, 1.82) is 0 Å². The van der Waals surface area contributed by atoms with E-state index in [1.165, 1.54) is 97.8 Å². The fourth-order valence-electron chi connectivity index (χ4n) is 9.48. The summed E-state index contributed by atoms with van der Waals surface area (Å²) in [5, 5.41) is 8.17. The van der Waals surface area contributed by atoms with Crippen LogP contribution in [0.4, 0.5) is 0 Å². The van der Waals surface area contributed by atoms with E-state index in [2.05, 4.69) is 127 Å². The predicted molar refractivity (Wildman–Crippen MR) is 197 cm³/mol. The standard InChI is InChI=1S/C46H38/c1-3-9-39-29(7-1)13-17-35-25-37-23-33(19-15-31(37)27-45(35)39)41-21-22-42(44-12-6-5-11-43(41)44)34-20-16-32-28-46-36(26-38(32)24-34)18-14-30-8-2-4-10-40(30)46/h1-3,5-9,11-14,17-18,21-27,32,40,46H,4,10,15-16,19-20,28H2. The van der Waals surface area contributed by atoms with E-state index in [-0.39, 0.29) is 0 Å². The predicted octanol–water partition coefficient (Wildman–Crippen LogP) is 12.2. The molecule has 0 heterocycles. The van der Waals surface area contributed by atoms with Gasteiger partial charge in [-0.15, -0.1) is 0 Å². The maximum Gasteiger partial charge on any atom is -0.00871 e. The summed E-state index contributed by atoms with van der Waals surface area (Å²) >= 11 is 0. The first kappa shape index (κ1) is 26.5. The van der Waals surface area contributed by atoms with Crippen LogP contribution < -0.4 is 0 Å². The first-order valence-electron chi connectivity index (χ1n) is 17.4. The van der Waals surface area contributed by atoms with Gasteiger partial charge in [0.1, 0.15) is 0 Å². The van der Waals surface area contributed by atoms with Crippen LogP contribution in [-0.4, -0.2) is 0 Å². The van der Waals surface area contributed by atoms with Crippen LogP contribution >= 0.6 is 0 Å². The minimum absolute atomic E-state index is 0.697. The first-order valence-corrected chi connectivity index (χ1v) is 17.4. The van der Waals surface area contributed by atoms with Gasteiger partial charge in [0.2, 0.25) is 0 Å². The van der Waals surface area contributed by atoms with E-state index in [0.717, 1.165) is 18.8 Å². The van der Waals surface area contributed by atoms with E-state index in [9.17, 15) is 0 Å². The first-order chi connectivity index (χ1) is 22.8. The molecule has 0 fully saturated rings. The largest absolute Gasteiger partial charge is 0.0842 e. The van der Waals surface area contributed by atoms with Crippen molar-refractivity contribution in [3.05, 3.63) is 160 Å². The van der Waals surface area contributed by atoms with E-state index in [1.54, 1.807) is 16.7 Å². The van der Waals surface area contributed by atoms with E-state index in [1.807, 2.05) is 0 Å². The second-order valence-corrected chi connectivity index (χ2v) is 14.2. The Balaban J connectivity index is 1.03. The lowest BCUT2D eigenvalue weighted by Crippen LogP contribution is -2.29. The van der Waals surface area contributed by atoms with Gasteiger partial charge in [-0.1, -0.05) is 115 Å². The van der Waals surface area contributed by atoms with Crippen molar-refractivity contribution in [3.8, 4) is 0 Å². The molecule has 0 amide bonds. The average molecular weight is 591 g/mol. The lowest BCUT2D eigenvalue weighted by atomic mass is 9.64. The number of fused-ring (bicyclic) bond motifs is 9. The van der Waals surface area contributed by atoms with Crippen LogP contribution in [0.2, 0.25) is 0 Å². The molecule has 5 aromatic carbocycles. The monoisotopic (exact) mass is 590 g/mol. The summed E-state index contributed by atoms with van der Waals surface area (Å²) in [5.74, 6) is 2.13. The van der Waals surface area contributed by atoms with Crippen molar-refractivity contribution in [2.45, 2.75) is 44.9 Å². The summed E-state index contributed by atoms with van der Waals surface area (Å²) in [6.07, 6.45) is 25.6. The average Bonchev–Trinajstić information content (AvgIpc) is 3.12. The second kappa shape index (κ2) is 10.4. The number of hydrogen-bond acceptors (Lipinski definition) is 0. The molecular weight excluding hydrogens is 553 g/mol. The molecule has 222 valence electrons. The third kappa shape index (κ3) is 4.19. The zero-order valence-electron chi connectivity index (χ0n) is 26.3. The minimum atomic E-state index is 0.697. The Morgan fingerprint density at radius 2 is 1.28 bits per heavy atom. The van der Waals surface area contributed by atoms with Gasteiger partial charge >= 0.3 is 0 Å². The molecule has 0 heteroatoms. The number of allylic oxidation sites excluding steroid dienone is 11. The molecule has 0 saturated carbocycles. The molecule has 0 radical (unpaired) electrons. The highest BCUT2D eigenvalue weighted by atomic mass is 14.4. The summed E-state index contributed by atoms with van der Waals surface area (Å²) in [5.41, 5.74) is 13.3. The molecule has 3 unspecified atom stereocenters. The summed E-state index contributed by atoms with van der Waals surface area (Å²) in [7, 11) is 0. The Kier molecular flexibility index (Phi) is 6.01. The van der Waals surface area contributed by atoms with Gasteiger partial charge in [0.05, 0.1) is 0 Å². The van der Waals surface area contributed by atoms with E-state index in [0.29, 0.717) is 11.8 Å². The van der Waals surface area contributed by atoms with Crippen molar-refractivity contribution in [3.63, 3.8) is 0 Å². The maximum absolute atomic E-state index is 2.57. The Labute approximate surface area is 271 Å². The summed E-state index contributed by atoms with van der Waals surface area (Å²) in [6, 6.07) is 32.2. The smallest absolute Gasteiger partial charge is 0.00871 e. The van der Waals surface area contributed by atoms with Gasteiger partial charge in [-0.3, -0.25) is 0 Å². The lowest BCUT2D eigenvalue weighted by Gasteiger charge is -2.41. The molecule has 10 rings (SSSR count). The van der Waals surface area contributed by atoms with Crippen LogP contribution in [0.1, 0.15) is 60.8 Å². The topological polar surface area (TPSA) is 0 Å². The van der Waals surface area contributed by atoms with Crippen molar-refractivity contribution in [2.24, 2.45) is 17.8 Å². The zero-order chi connectivity index (χ0) is 30.2. The minimum Gasteiger partial charge on any atom is -0.0842 e. The number of aryl methyl sites for hydroxylation is 1. The third-order valence-electron chi connectivity index (χ3n) is 11.8. The number of benzene rings is 5. The van der Waals surface area contributed by atoms with Crippen LogP contribution in [0.3, 0.4) is 0 Å². The maximum atomic E-state index is 2.57. The van der Waals surface area contributed by atoms with Gasteiger partial charge in [-0.05, 0) is 157 Å². The van der Waals surface area contributed by atoms with Crippen LogP contribution in [0, 0.1) is 17.8 Å². The Bertz CT molecular complexity index is 2290. The van der Waals surface area contributed by atoms with Crippen LogP contribution in [0.5, 0.6) is 0 Å². The molecular formula is C46H38. The van der Waals surface area contributed by atoms with Crippen LogP contribution in [-0.2, 0) is 6.42 Å². The van der Waals surface area contributed by atoms with E-state index >= 15 is 0 Å². The van der Waals surface area contributed by atoms with Crippen molar-refractivity contribution in [2.75, 3.05) is 0 Å². The highest BCUT2D eigenvalue weighted by Gasteiger charge is 2.36. The summed E-state index contributed by atoms with van der Waals surface area (Å²) in [4.78, 5) is 0. The Morgan fingerprint density at radius 3 is 2.15 bits per heavy atom. The molecule has 0 nitrogen and oxygen atoms in total. The lowest BCUT2D eigenvalue weighted by molar-refractivity contribution is 0.324. The molecule has 0 aromatic heterocycles. The molecule has 3 atom stereocenters. The molecule has 5 aliphatic carbocycles. The van der Waals surface area contributed by atoms with Crippen molar-refractivity contribution in [1.82, 2.24) is 0 Å². The SMILES string of the molecule is C1=CC2=CC=C3C=C4C=C(c5ccc(C6=Cc7cc8ccc9ccccc9c8cc7CC6)c6ccccc56)CCC4CC3C2CC1. The number of hydrogen-bond donors (Lipinski definition) is 0. The molecule has 0 spiro atoms. The normalized spacial score (nSPS) is 23.4. The summed E-state index contributed by atoms with van der Waals surface area (Å²) in [6.45, 7) is 0. The van der Waals surface area contributed by atoms with Gasteiger partial charge in [-0.2, -0.15) is 0 Å². The van der Waals surface area contributed by atoms with E-state index < -0.39 is 0 Å². The van der Waals surface area contributed by atoms with Gasteiger partial charge in [0.25, 0.3) is 0 Å². The summed E-state index contributed by atoms with van der Waals surface area (Å²) < 4.78 is 0. The van der Waals surface area contributed by atoms with E-state index in [4.69, 9.17) is 0 Å². The zero-order valence-corrected chi connectivity index (χ0v) is 26.3. The third-order valence-corrected chi connectivity index (χ3v) is 11.8. The van der Waals surface area contributed by atoms with Crippen LogP contribution in [0.15, 0.2) is 138 Å². The highest BCUT2D eigenvalue weighted by molar-refractivity contribution is 6.09. The second-order valence-electron chi connectivity index (χ2n) is 14.2. The molecule has 0 saturated heterocycles. The van der Waals surface area contributed by atoms with Gasteiger partial charge in [0.15, 0.2) is 0 Å². The molecule has 5 aromatic rings. The van der Waals surface area contributed by atoms with Crippen LogP contribution in [0.25, 0.3) is 49.5 Å². The highest BCUT2D eigenvalue weighted by Crippen LogP contribution is 2.50. The quantitative estimate of drug-likeness (QED) is 0.179. The molecule has 0 N–H and O–H groups in total. The fraction of sp³-hybridized carbons (Fsp3) is 0.217. The molecule has 46 heavy (non-hydrogen) atoms. The molecule has 5 aliphatic rings. The van der Waals surface area contributed by atoms with Gasteiger partial charge in [0, 0.05) is 0 Å². The van der Waals surface area contributed by atoms with Crippen molar-refractivity contribution >= 4 is 49.5 Å². The van der Waals surface area contributed by atoms with Gasteiger partial charge < -0.3 is 0 Å². The Morgan fingerprint density at radius 1 is 0.522 bits per heavy atom. The fourth-order valence-corrected chi connectivity index (χ4v) is 9.48. The van der Waals surface area contributed by atoms with Gasteiger partial charge in [-0.25, -0.2) is 0 Å². The Hall–Kier alpha value is -4.68. The number of rotatable bonds is 2. The van der Waals surface area contributed by atoms with Crippen molar-refractivity contribution < 1.29 is 0 Å².